The summed E-state index contributed by atoms with van der Waals surface area (Å²) in [6.45, 7) is 0. The van der Waals surface area contributed by atoms with Gasteiger partial charge in [-0.2, -0.15) is 0 Å². The Bertz CT molecular complexity index is 496. The first-order valence-electron chi connectivity index (χ1n) is 3.71. The lowest BCUT2D eigenvalue weighted by atomic mass is 10.3. The molecule has 15 heavy (non-hydrogen) atoms. The van der Waals surface area contributed by atoms with Gasteiger partial charge in [0, 0.05) is 12.1 Å². The van der Waals surface area contributed by atoms with Crippen molar-refractivity contribution in [1.29, 1.82) is 0 Å². The second-order valence-corrected chi connectivity index (χ2v) is 4.17. The minimum Gasteiger partial charge on any atom is -0.495 e. The predicted octanol–water partition coefficient (Wildman–Crippen LogP) is 0.251. The Morgan fingerprint density at radius 3 is 2.47 bits per heavy atom. The third-order valence-corrected chi connectivity index (χ3v) is 2.60. The van der Waals surface area contributed by atoms with Crippen LogP contribution in [0.15, 0.2) is 23.1 Å². The first-order valence-corrected chi connectivity index (χ1v) is 5.26. The fourth-order valence-corrected chi connectivity index (χ4v) is 1.72. The predicted molar refractivity (Wildman–Crippen MR) is 51.0 cm³/mol. The molecule has 0 saturated heterocycles. The third kappa shape index (κ3) is 2.42. The molecule has 8 heteroatoms. The van der Waals surface area contributed by atoms with Gasteiger partial charge in [0.2, 0.25) is 10.0 Å². The Labute approximate surface area is 85.7 Å². The van der Waals surface area contributed by atoms with Gasteiger partial charge in [0.15, 0.2) is 0 Å². The van der Waals surface area contributed by atoms with Crippen molar-refractivity contribution in [3.05, 3.63) is 28.3 Å². The van der Waals surface area contributed by atoms with E-state index in [0.717, 1.165) is 12.1 Å². The second-order valence-electron chi connectivity index (χ2n) is 2.64. The number of hydrogen-bond donors (Lipinski definition) is 1. The molecule has 0 spiro atoms. The van der Waals surface area contributed by atoms with E-state index in [1.807, 2.05) is 0 Å². The number of sulfonamides is 1. The molecule has 0 saturated carbocycles. The summed E-state index contributed by atoms with van der Waals surface area (Å²) in [6.07, 6.45) is 0. The Balaban J connectivity index is 3.46. The van der Waals surface area contributed by atoms with Crippen molar-refractivity contribution in [3.8, 4) is 5.75 Å². The van der Waals surface area contributed by atoms with Gasteiger partial charge in [0.1, 0.15) is 10.6 Å². The number of nitro groups is 1. The third-order valence-electron chi connectivity index (χ3n) is 1.66. The highest BCUT2D eigenvalue weighted by Crippen LogP contribution is 2.26. The minimum atomic E-state index is -4.03. The fourth-order valence-electron chi connectivity index (χ4n) is 1.00. The van der Waals surface area contributed by atoms with Crippen molar-refractivity contribution in [2.24, 2.45) is 5.14 Å². The molecule has 0 bridgehead atoms. The van der Waals surface area contributed by atoms with Gasteiger partial charge >= 0.3 is 0 Å². The molecular formula is C7H8N2O5S. The molecule has 0 aliphatic heterocycles. The van der Waals surface area contributed by atoms with Crippen LogP contribution in [0.3, 0.4) is 0 Å². The topological polar surface area (TPSA) is 113 Å². The van der Waals surface area contributed by atoms with E-state index in [1.54, 1.807) is 0 Å². The lowest BCUT2D eigenvalue weighted by molar-refractivity contribution is -0.385. The Morgan fingerprint density at radius 1 is 1.47 bits per heavy atom. The molecule has 0 aromatic heterocycles. The van der Waals surface area contributed by atoms with Crippen molar-refractivity contribution in [3.63, 3.8) is 0 Å². The molecule has 0 unspecified atom stereocenters. The average Bonchev–Trinajstić information content (AvgIpc) is 2.15. The number of nitrogens with two attached hydrogens (primary N) is 1. The molecule has 0 atom stereocenters. The quantitative estimate of drug-likeness (QED) is 0.592. The molecule has 0 aliphatic rings. The fraction of sp³-hybridized carbons (Fsp3) is 0.143. The molecule has 2 N–H and O–H groups in total. The van der Waals surface area contributed by atoms with Crippen LogP contribution in [0, 0.1) is 10.1 Å². The number of rotatable bonds is 3. The van der Waals surface area contributed by atoms with E-state index in [0.29, 0.717) is 0 Å². The Hall–Kier alpha value is -1.67. The van der Waals surface area contributed by atoms with Crippen LogP contribution in [-0.4, -0.2) is 20.5 Å². The molecule has 82 valence electrons. The first kappa shape index (κ1) is 11.4. The molecule has 0 radical (unpaired) electrons. The van der Waals surface area contributed by atoms with E-state index in [-0.39, 0.29) is 11.4 Å². The van der Waals surface area contributed by atoms with Gasteiger partial charge in [0.25, 0.3) is 5.69 Å². The van der Waals surface area contributed by atoms with E-state index < -0.39 is 19.8 Å². The van der Waals surface area contributed by atoms with Crippen molar-refractivity contribution in [1.82, 2.24) is 0 Å². The summed E-state index contributed by atoms with van der Waals surface area (Å²) in [7, 11) is -2.79. The van der Waals surface area contributed by atoms with Crippen LogP contribution in [0.1, 0.15) is 0 Å². The van der Waals surface area contributed by atoms with Gasteiger partial charge in [-0.3, -0.25) is 10.1 Å². The number of nitrogens with zero attached hydrogens (tertiary/aromatic N) is 1. The van der Waals surface area contributed by atoms with Gasteiger partial charge in [-0.1, -0.05) is 0 Å². The van der Waals surface area contributed by atoms with E-state index in [2.05, 4.69) is 0 Å². The van der Waals surface area contributed by atoms with Crippen LogP contribution in [0.5, 0.6) is 5.75 Å². The molecule has 1 rings (SSSR count). The van der Waals surface area contributed by atoms with Crippen molar-refractivity contribution in [2.75, 3.05) is 7.11 Å². The summed E-state index contributed by atoms with van der Waals surface area (Å²) in [6, 6.07) is 3.17. The SMILES string of the molecule is COc1ccc([N+](=O)[O-])cc1S(N)(=O)=O. The van der Waals surface area contributed by atoms with Gasteiger partial charge in [-0.15, -0.1) is 0 Å². The number of benzene rings is 1. The lowest BCUT2D eigenvalue weighted by Crippen LogP contribution is -2.13. The Kier molecular flexibility index (Phi) is 2.91. The molecule has 1 aromatic rings. The normalized spacial score (nSPS) is 11.1. The number of non-ortho nitro benzene ring substituents is 1. The van der Waals surface area contributed by atoms with E-state index in [4.69, 9.17) is 9.88 Å². The maximum absolute atomic E-state index is 11.1. The summed E-state index contributed by atoms with van der Waals surface area (Å²) in [5.41, 5.74) is -0.361. The molecule has 0 heterocycles. The highest BCUT2D eigenvalue weighted by atomic mass is 32.2. The maximum Gasteiger partial charge on any atom is 0.271 e. The zero-order valence-corrected chi connectivity index (χ0v) is 8.52. The highest BCUT2D eigenvalue weighted by Gasteiger charge is 2.19. The van der Waals surface area contributed by atoms with Gasteiger partial charge < -0.3 is 4.74 Å². The molecule has 0 aliphatic carbocycles. The van der Waals surface area contributed by atoms with Gasteiger partial charge in [0.05, 0.1) is 12.0 Å². The largest absolute Gasteiger partial charge is 0.495 e. The number of nitro benzene ring substituents is 1. The summed E-state index contributed by atoms with van der Waals surface area (Å²) < 4.78 is 26.8. The Morgan fingerprint density at radius 2 is 2.07 bits per heavy atom. The average molecular weight is 232 g/mol. The summed E-state index contributed by atoms with van der Waals surface area (Å²) in [5, 5.41) is 15.3. The number of primary sulfonamides is 1. The zero-order valence-electron chi connectivity index (χ0n) is 7.71. The summed E-state index contributed by atoms with van der Waals surface area (Å²) in [5.74, 6) is -0.0249. The molecule has 7 nitrogen and oxygen atoms in total. The molecule has 0 fully saturated rings. The monoisotopic (exact) mass is 232 g/mol. The van der Waals surface area contributed by atoms with Crippen molar-refractivity contribution in [2.45, 2.75) is 4.90 Å². The van der Waals surface area contributed by atoms with Crippen molar-refractivity contribution >= 4 is 15.7 Å². The van der Waals surface area contributed by atoms with E-state index in [1.165, 1.54) is 13.2 Å². The van der Waals surface area contributed by atoms with Crippen LogP contribution >= 0.6 is 0 Å². The smallest absolute Gasteiger partial charge is 0.271 e. The lowest BCUT2D eigenvalue weighted by Gasteiger charge is -2.05. The van der Waals surface area contributed by atoms with Crippen LogP contribution in [0.2, 0.25) is 0 Å². The van der Waals surface area contributed by atoms with Crippen LogP contribution in [0.25, 0.3) is 0 Å². The second kappa shape index (κ2) is 3.83. The summed E-state index contributed by atoms with van der Waals surface area (Å²) in [4.78, 5) is 9.29. The maximum atomic E-state index is 11.1. The van der Waals surface area contributed by atoms with Gasteiger partial charge in [-0.05, 0) is 6.07 Å². The van der Waals surface area contributed by atoms with Crippen LogP contribution in [-0.2, 0) is 10.0 Å². The molecule has 0 amide bonds. The van der Waals surface area contributed by atoms with E-state index in [9.17, 15) is 18.5 Å². The zero-order chi connectivity index (χ0) is 11.6. The number of methoxy groups -OCH3 is 1. The molecule has 1 aromatic carbocycles. The minimum absolute atomic E-state index is 0.0249. The standard InChI is InChI=1S/C7H8N2O5S/c1-14-6-3-2-5(9(10)11)4-7(6)15(8,12)13/h2-4H,1H3,(H2,8,12,13). The molecular weight excluding hydrogens is 224 g/mol. The number of hydrogen-bond acceptors (Lipinski definition) is 5. The van der Waals surface area contributed by atoms with Crippen LogP contribution < -0.4 is 9.88 Å². The van der Waals surface area contributed by atoms with Crippen molar-refractivity contribution < 1.29 is 18.1 Å². The first-order chi connectivity index (χ1) is 6.86. The number of ether oxygens (including phenoxy) is 1. The van der Waals surface area contributed by atoms with Gasteiger partial charge in [-0.25, -0.2) is 13.6 Å². The van der Waals surface area contributed by atoms with Crippen LogP contribution in [0.4, 0.5) is 5.69 Å². The highest BCUT2D eigenvalue weighted by molar-refractivity contribution is 7.89. The summed E-state index contributed by atoms with van der Waals surface area (Å²) >= 11 is 0. The van der Waals surface area contributed by atoms with E-state index >= 15 is 0 Å².